The topological polar surface area (TPSA) is 28.7 Å². The van der Waals surface area contributed by atoms with Gasteiger partial charge in [0.1, 0.15) is 5.82 Å². The normalized spacial score (nSPS) is 14.0. The number of unbranched alkanes of at least 4 members (excludes halogenated alkanes) is 4. The molecular weight excluding hydrogens is 184 g/mol. The van der Waals surface area contributed by atoms with Crippen LogP contribution in [0.4, 0.5) is 0 Å². The number of aromatic amines is 1. The van der Waals surface area contributed by atoms with Crippen molar-refractivity contribution < 1.29 is 0 Å². The molecule has 0 aliphatic heterocycles. The fraction of sp³-hybridized carbons (Fsp3) is 0.615. The molecule has 0 bridgehead atoms. The van der Waals surface area contributed by atoms with Crippen LogP contribution in [0.5, 0.6) is 0 Å². The van der Waals surface area contributed by atoms with Gasteiger partial charge in [-0.2, -0.15) is 0 Å². The van der Waals surface area contributed by atoms with E-state index in [1.165, 1.54) is 44.9 Å². The summed E-state index contributed by atoms with van der Waals surface area (Å²) in [5, 5.41) is 0. The highest BCUT2D eigenvalue weighted by molar-refractivity contribution is 5.21. The van der Waals surface area contributed by atoms with Crippen LogP contribution in [-0.2, 0) is 6.42 Å². The second-order valence-corrected chi connectivity index (χ2v) is 4.37. The van der Waals surface area contributed by atoms with Crippen LogP contribution in [0.1, 0.15) is 50.8 Å². The smallest absolute Gasteiger partial charge is 0.105 e. The minimum absolute atomic E-state index is 1.11. The van der Waals surface area contributed by atoms with E-state index >= 15 is 0 Å². The van der Waals surface area contributed by atoms with Gasteiger partial charge in [-0.15, -0.1) is 0 Å². The number of aromatic nitrogens is 2. The van der Waals surface area contributed by atoms with Crippen LogP contribution in [0.15, 0.2) is 24.0 Å². The highest BCUT2D eigenvalue weighted by Gasteiger charge is 2.05. The summed E-state index contributed by atoms with van der Waals surface area (Å²) in [5.74, 6) is 1.14. The Kier molecular flexibility index (Phi) is 4.01. The van der Waals surface area contributed by atoms with Crippen LogP contribution in [-0.4, -0.2) is 9.97 Å². The van der Waals surface area contributed by atoms with Gasteiger partial charge in [0.05, 0.1) is 0 Å². The van der Waals surface area contributed by atoms with Crippen molar-refractivity contribution in [3.05, 3.63) is 29.9 Å². The number of rotatable bonds is 8. The first-order valence-electron chi connectivity index (χ1n) is 6.11. The van der Waals surface area contributed by atoms with Crippen LogP contribution < -0.4 is 0 Å². The van der Waals surface area contributed by atoms with Crippen molar-refractivity contribution in [2.24, 2.45) is 0 Å². The molecule has 1 heterocycles. The number of hydrogen-bond donors (Lipinski definition) is 1. The Balaban J connectivity index is 1.40. The van der Waals surface area contributed by atoms with E-state index in [1.807, 2.05) is 12.4 Å². The number of nitrogens with zero attached hydrogens (tertiary/aromatic N) is 1. The second-order valence-electron chi connectivity index (χ2n) is 4.37. The molecule has 1 aliphatic carbocycles. The quantitative estimate of drug-likeness (QED) is 0.508. The number of H-pyrrole nitrogens is 1. The van der Waals surface area contributed by atoms with Crippen molar-refractivity contribution in [1.82, 2.24) is 9.97 Å². The molecule has 0 radical (unpaired) electrons. The van der Waals surface area contributed by atoms with E-state index in [1.54, 1.807) is 5.57 Å². The van der Waals surface area contributed by atoms with Gasteiger partial charge in [-0.1, -0.05) is 30.9 Å². The molecular formula is C13H20N2. The predicted molar refractivity (Wildman–Crippen MR) is 62.7 cm³/mol. The van der Waals surface area contributed by atoms with Crippen LogP contribution in [0.2, 0.25) is 0 Å². The lowest BCUT2D eigenvalue weighted by atomic mass is 10.1. The summed E-state index contributed by atoms with van der Waals surface area (Å²) < 4.78 is 0. The molecule has 2 nitrogen and oxygen atoms in total. The van der Waals surface area contributed by atoms with Crippen LogP contribution in [0.25, 0.3) is 0 Å². The van der Waals surface area contributed by atoms with Gasteiger partial charge < -0.3 is 4.98 Å². The van der Waals surface area contributed by atoms with Gasteiger partial charge in [-0.05, 0) is 25.7 Å². The summed E-state index contributed by atoms with van der Waals surface area (Å²) in [7, 11) is 0. The maximum absolute atomic E-state index is 4.22. The van der Waals surface area contributed by atoms with Gasteiger partial charge in [0.25, 0.3) is 0 Å². The first-order chi connectivity index (χ1) is 7.45. The summed E-state index contributed by atoms with van der Waals surface area (Å²) in [6.45, 7) is 0. The Morgan fingerprint density at radius 1 is 1.07 bits per heavy atom. The van der Waals surface area contributed by atoms with Gasteiger partial charge in [-0.25, -0.2) is 4.98 Å². The Bertz CT molecular complexity index is 298. The van der Waals surface area contributed by atoms with Gasteiger partial charge in [-0.3, -0.25) is 0 Å². The third-order valence-electron chi connectivity index (χ3n) is 2.96. The highest BCUT2D eigenvalue weighted by Crippen LogP contribution is 2.24. The van der Waals surface area contributed by atoms with E-state index in [0.29, 0.717) is 0 Å². The van der Waals surface area contributed by atoms with Gasteiger partial charge in [0.2, 0.25) is 0 Å². The molecule has 15 heavy (non-hydrogen) atoms. The molecule has 0 unspecified atom stereocenters. The largest absolute Gasteiger partial charge is 0.349 e. The molecule has 1 aromatic heterocycles. The molecule has 0 saturated carbocycles. The Labute approximate surface area is 91.8 Å². The van der Waals surface area contributed by atoms with Crippen molar-refractivity contribution in [2.75, 3.05) is 0 Å². The number of nitrogens with one attached hydrogen (secondary N) is 1. The second kappa shape index (κ2) is 5.74. The molecule has 1 aliphatic rings. The standard InChI is InChI=1S/C13H20N2/c1(2-4-6-12-8-9-12)3-5-7-13-14-10-11-15-13/h8,10-11H,1-7,9H2,(H,14,15). The number of allylic oxidation sites excluding steroid dienone is 2. The summed E-state index contributed by atoms with van der Waals surface area (Å²) in [6.07, 6.45) is 16.6. The first-order valence-corrected chi connectivity index (χ1v) is 6.11. The molecule has 2 rings (SSSR count). The van der Waals surface area contributed by atoms with E-state index < -0.39 is 0 Å². The average molecular weight is 204 g/mol. The monoisotopic (exact) mass is 204 g/mol. The lowest BCUT2D eigenvalue weighted by Gasteiger charge is -1.99. The average Bonchev–Trinajstić information content (AvgIpc) is 2.92. The summed E-state index contributed by atoms with van der Waals surface area (Å²) in [6, 6.07) is 0. The zero-order chi connectivity index (χ0) is 10.3. The van der Waals surface area contributed by atoms with Crippen LogP contribution in [0, 0.1) is 0 Å². The van der Waals surface area contributed by atoms with Crippen LogP contribution >= 0.6 is 0 Å². The van der Waals surface area contributed by atoms with Crippen molar-refractivity contribution in [3.8, 4) is 0 Å². The predicted octanol–water partition coefficient (Wildman–Crippen LogP) is 3.62. The minimum Gasteiger partial charge on any atom is -0.349 e. The summed E-state index contributed by atoms with van der Waals surface area (Å²) in [4.78, 5) is 7.36. The molecule has 82 valence electrons. The third kappa shape index (κ3) is 4.32. The molecule has 0 fully saturated rings. The van der Waals surface area contributed by atoms with Crippen molar-refractivity contribution in [1.29, 1.82) is 0 Å². The van der Waals surface area contributed by atoms with E-state index in [4.69, 9.17) is 0 Å². The lowest BCUT2D eigenvalue weighted by Crippen LogP contribution is -1.88. The van der Waals surface area contributed by atoms with Crippen LogP contribution in [0.3, 0.4) is 0 Å². The van der Waals surface area contributed by atoms with Gasteiger partial charge >= 0.3 is 0 Å². The first kappa shape index (κ1) is 10.5. The zero-order valence-electron chi connectivity index (χ0n) is 9.34. The van der Waals surface area contributed by atoms with E-state index in [9.17, 15) is 0 Å². The number of hydrogen-bond acceptors (Lipinski definition) is 1. The van der Waals surface area contributed by atoms with E-state index in [2.05, 4.69) is 16.0 Å². The van der Waals surface area contributed by atoms with Crippen molar-refractivity contribution in [2.45, 2.75) is 51.4 Å². The number of imidazole rings is 1. The lowest BCUT2D eigenvalue weighted by molar-refractivity contribution is 0.608. The Morgan fingerprint density at radius 3 is 2.47 bits per heavy atom. The van der Waals surface area contributed by atoms with E-state index in [-0.39, 0.29) is 0 Å². The fourth-order valence-electron chi connectivity index (χ4n) is 1.89. The maximum Gasteiger partial charge on any atom is 0.105 e. The molecule has 0 aromatic carbocycles. The summed E-state index contributed by atoms with van der Waals surface area (Å²) >= 11 is 0. The molecule has 0 spiro atoms. The molecule has 0 amide bonds. The minimum atomic E-state index is 1.11. The molecule has 2 heteroatoms. The fourth-order valence-corrected chi connectivity index (χ4v) is 1.89. The Morgan fingerprint density at radius 2 is 1.80 bits per heavy atom. The molecule has 0 saturated heterocycles. The highest BCUT2D eigenvalue weighted by atomic mass is 14.9. The molecule has 1 aromatic rings. The summed E-state index contributed by atoms with van der Waals surface area (Å²) in [5.41, 5.74) is 1.69. The van der Waals surface area contributed by atoms with Crippen molar-refractivity contribution >= 4 is 0 Å². The SMILES string of the molecule is C1=C(CCCCCCCc2ncc[nH]2)C1. The third-order valence-corrected chi connectivity index (χ3v) is 2.96. The van der Waals surface area contributed by atoms with Crippen molar-refractivity contribution in [3.63, 3.8) is 0 Å². The van der Waals surface area contributed by atoms with E-state index in [0.717, 1.165) is 12.2 Å². The Hall–Kier alpha value is -1.05. The van der Waals surface area contributed by atoms with Gasteiger partial charge in [0, 0.05) is 18.8 Å². The van der Waals surface area contributed by atoms with Gasteiger partial charge in [0.15, 0.2) is 0 Å². The zero-order valence-corrected chi connectivity index (χ0v) is 9.34. The maximum atomic E-state index is 4.22. The molecule has 1 N–H and O–H groups in total. The molecule has 0 atom stereocenters. The number of aryl methyl sites for hydroxylation is 1.